The summed E-state index contributed by atoms with van der Waals surface area (Å²) in [6.45, 7) is 0. The molecule has 2 aromatic heterocycles. The first-order valence-corrected chi connectivity index (χ1v) is 13.1. The second-order valence-corrected chi connectivity index (χ2v) is 9.96. The van der Waals surface area contributed by atoms with Crippen LogP contribution >= 0.6 is 11.3 Å². The van der Waals surface area contributed by atoms with E-state index in [0.717, 1.165) is 39.9 Å². The quantitative estimate of drug-likeness (QED) is 0.223. The Morgan fingerprint density at radius 2 is 1.57 bits per heavy atom. The van der Waals surface area contributed by atoms with Gasteiger partial charge in [-0.2, -0.15) is 9.65 Å². The molecule has 0 saturated heterocycles. The molecule has 2 heterocycles. The molecule has 0 aliphatic carbocycles. The summed E-state index contributed by atoms with van der Waals surface area (Å²) in [5, 5.41) is 13.1. The molecular formula is C27H23N4O2S2+. The number of rotatable bonds is 8. The molecule has 1 unspecified atom stereocenters. The van der Waals surface area contributed by atoms with E-state index in [0.29, 0.717) is 28.6 Å². The van der Waals surface area contributed by atoms with E-state index in [9.17, 15) is 9.35 Å². The predicted octanol–water partition coefficient (Wildman–Crippen LogP) is 5.31. The monoisotopic (exact) mass is 499 g/mol. The third kappa shape index (κ3) is 5.11. The molecule has 0 bridgehead atoms. The van der Waals surface area contributed by atoms with E-state index in [1.54, 1.807) is 5.38 Å². The first-order valence-electron chi connectivity index (χ1n) is 11.0. The van der Waals surface area contributed by atoms with E-state index >= 15 is 0 Å². The number of benzene rings is 3. The second-order valence-electron chi connectivity index (χ2n) is 8.02. The van der Waals surface area contributed by atoms with Crippen LogP contribution in [0.4, 0.5) is 0 Å². The van der Waals surface area contributed by atoms with Gasteiger partial charge < -0.3 is 0 Å². The maximum absolute atomic E-state index is 11.3. The first kappa shape index (κ1) is 23.2. The molecule has 0 aliphatic rings. The van der Waals surface area contributed by atoms with E-state index in [1.807, 2.05) is 65.3 Å². The molecule has 3 aromatic carbocycles. The highest BCUT2D eigenvalue weighted by Gasteiger charge is 2.23. The average Bonchev–Trinajstić information content (AvgIpc) is 3.50. The number of hydrogen-bond donors (Lipinski definition) is 2. The third-order valence-electron chi connectivity index (χ3n) is 5.69. The van der Waals surface area contributed by atoms with Crippen molar-refractivity contribution < 1.29 is 9.35 Å². The maximum atomic E-state index is 11.3. The minimum Gasteiger partial charge on any atom is -0.296 e. The zero-order valence-electron chi connectivity index (χ0n) is 18.7. The molecule has 0 amide bonds. The second kappa shape index (κ2) is 10.4. The lowest BCUT2D eigenvalue weighted by Gasteiger charge is -2.09. The minimum atomic E-state index is -1.27. The van der Waals surface area contributed by atoms with Crippen LogP contribution in [-0.4, -0.2) is 25.6 Å². The van der Waals surface area contributed by atoms with Crippen molar-refractivity contribution in [3.63, 3.8) is 0 Å². The average molecular weight is 500 g/mol. The van der Waals surface area contributed by atoms with E-state index < -0.39 is 11.4 Å². The van der Waals surface area contributed by atoms with Crippen molar-refractivity contribution in [2.75, 3.05) is 0 Å². The summed E-state index contributed by atoms with van der Waals surface area (Å²) in [7, 11) is 0. The van der Waals surface area contributed by atoms with Gasteiger partial charge in [-0.05, 0) is 23.3 Å². The molecule has 0 fully saturated rings. The number of aldehydes is 1. The third-order valence-corrected chi connectivity index (χ3v) is 7.28. The Hall–Kier alpha value is -3.56. The lowest BCUT2D eigenvalue weighted by molar-refractivity contribution is 0.111. The summed E-state index contributed by atoms with van der Waals surface area (Å²) < 4.78 is 11.6. The number of carbonyl (C=O) groups is 1. The van der Waals surface area contributed by atoms with Crippen LogP contribution in [0.2, 0.25) is 0 Å². The molecular weight excluding hydrogens is 476 g/mol. The fourth-order valence-corrected chi connectivity index (χ4v) is 5.16. The highest BCUT2D eigenvalue weighted by atomic mass is 32.2. The van der Waals surface area contributed by atoms with Crippen LogP contribution in [0, 0.1) is 0 Å². The number of hydrogen-bond acceptors (Lipinski definition) is 6. The van der Waals surface area contributed by atoms with E-state index in [4.69, 9.17) is 10.2 Å². The van der Waals surface area contributed by atoms with Crippen LogP contribution in [0.3, 0.4) is 0 Å². The highest BCUT2D eigenvalue weighted by Crippen LogP contribution is 2.33. The van der Waals surface area contributed by atoms with E-state index in [2.05, 4.69) is 29.2 Å². The molecule has 0 radical (unpaired) electrons. The van der Waals surface area contributed by atoms with Crippen molar-refractivity contribution in [2.24, 2.45) is 5.14 Å². The fraction of sp³-hybridized carbons (Fsp3) is 0.0741. The van der Waals surface area contributed by atoms with E-state index in [1.165, 1.54) is 11.3 Å². The van der Waals surface area contributed by atoms with E-state index in [-0.39, 0.29) is 0 Å². The Balaban J connectivity index is 1.68. The Morgan fingerprint density at radius 1 is 0.914 bits per heavy atom. The Bertz CT molecular complexity index is 1430. The summed E-state index contributed by atoms with van der Waals surface area (Å²) in [5.41, 5.74) is 6.64. The molecule has 5 aromatic rings. The molecule has 0 saturated carbocycles. The normalized spacial score (nSPS) is 11.9. The number of carbonyl (C=O) groups excluding carboxylic acids is 1. The van der Waals surface area contributed by atoms with Crippen LogP contribution in [-0.2, 0) is 24.2 Å². The largest absolute Gasteiger partial charge is 0.296 e. The predicted molar refractivity (Wildman–Crippen MR) is 141 cm³/mol. The summed E-state index contributed by atoms with van der Waals surface area (Å²) in [6, 6.07) is 28.1. The molecule has 174 valence electrons. The van der Waals surface area contributed by atoms with Gasteiger partial charge in [0, 0.05) is 29.3 Å². The maximum Gasteiger partial charge on any atom is 0.272 e. The zero-order valence-corrected chi connectivity index (χ0v) is 20.4. The summed E-state index contributed by atoms with van der Waals surface area (Å²) in [4.78, 5) is 16.5. The molecule has 6 nitrogen and oxygen atoms in total. The molecule has 35 heavy (non-hydrogen) atoms. The van der Waals surface area contributed by atoms with Crippen LogP contribution in [0.1, 0.15) is 32.9 Å². The van der Waals surface area contributed by atoms with Crippen LogP contribution < -0.4 is 5.14 Å². The van der Waals surface area contributed by atoms with Gasteiger partial charge in [0.05, 0.1) is 11.4 Å². The van der Waals surface area contributed by atoms with Crippen molar-refractivity contribution in [1.29, 1.82) is 0 Å². The Morgan fingerprint density at radius 3 is 2.20 bits per heavy atom. The van der Waals surface area contributed by atoms with Crippen molar-refractivity contribution in [1.82, 2.24) is 14.8 Å². The molecule has 3 N–H and O–H groups in total. The van der Waals surface area contributed by atoms with Gasteiger partial charge in [-0.15, -0.1) is 16.5 Å². The number of thiazole rings is 1. The van der Waals surface area contributed by atoms with Crippen LogP contribution in [0.25, 0.3) is 16.4 Å². The molecule has 0 aliphatic heterocycles. The topological polar surface area (TPSA) is 94.0 Å². The van der Waals surface area contributed by atoms with Gasteiger partial charge in [-0.25, -0.2) is 9.67 Å². The minimum absolute atomic E-state index is 0.391. The van der Waals surface area contributed by atoms with Gasteiger partial charge in [-0.3, -0.25) is 4.79 Å². The first-order chi connectivity index (χ1) is 17.1. The van der Waals surface area contributed by atoms with Crippen LogP contribution in [0.15, 0.2) is 95.2 Å². The van der Waals surface area contributed by atoms with Gasteiger partial charge in [0.15, 0.2) is 6.29 Å². The number of aromatic nitrogens is 3. The summed E-state index contributed by atoms with van der Waals surface area (Å²) >= 11 is 0.123. The lowest BCUT2D eigenvalue weighted by atomic mass is 9.96. The Labute approximate surface area is 210 Å². The van der Waals surface area contributed by atoms with Crippen molar-refractivity contribution in [2.45, 2.75) is 17.7 Å². The fourth-order valence-electron chi connectivity index (χ4n) is 4.02. The molecule has 8 heteroatoms. The number of nitrogens with zero attached hydrogens (tertiary/aromatic N) is 3. The van der Waals surface area contributed by atoms with Gasteiger partial charge >= 0.3 is 0 Å². The molecule has 0 spiro atoms. The lowest BCUT2D eigenvalue weighted by Crippen LogP contribution is -2.11. The summed E-state index contributed by atoms with van der Waals surface area (Å²) in [5.74, 6) is 0. The molecule has 1 atom stereocenters. The standard InChI is InChI=1S/C27H23N4O2S2/c28-35(33)23-13-11-20(12-14-23)15-24-25(16-19-7-3-1-4-8-19)30-31(27-29-22(17-32)18-34-27)26(24)21-9-5-2-6-10-21/h1-14,17-18,33H,15-16,28H2/q+1. The SMILES string of the molecule is N[S+](O)c1ccc(Cc2c(Cc3ccccc3)nn(-c3nc(C=O)cs3)c2-c2ccccc2)cc1. The van der Waals surface area contributed by atoms with Gasteiger partial charge in [0.1, 0.15) is 5.69 Å². The van der Waals surface area contributed by atoms with Gasteiger partial charge in [0.25, 0.3) is 11.4 Å². The highest BCUT2D eigenvalue weighted by molar-refractivity contribution is 7.89. The van der Waals surface area contributed by atoms with Gasteiger partial charge in [-0.1, -0.05) is 72.8 Å². The zero-order chi connectivity index (χ0) is 24.2. The Kier molecular flexibility index (Phi) is 6.87. The van der Waals surface area contributed by atoms with Crippen LogP contribution in [0.5, 0.6) is 0 Å². The van der Waals surface area contributed by atoms with Gasteiger partial charge in [0.2, 0.25) is 10.0 Å². The van der Waals surface area contributed by atoms with Crippen molar-refractivity contribution in [3.05, 3.63) is 118 Å². The van der Waals surface area contributed by atoms with Crippen molar-refractivity contribution in [3.8, 4) is 16.4 Å². The molecule has 5 rings (SSSR count). The summed E-state index contributed by atoms with van der Waals surface area (Å²) in [6.07, 6.45) is 2.06. The number of nitrogens with two attached hydrogens (primary N) is 1. The smallest absolute Gasteiger partial charge is 0.272 e. The van der Waals surface area contributed by atoms with Crippen molar-refractivity contribution >= 4 is 29.0 Å².